The van der Waals surface area contributed by atoms with Crippen molar-refractivity contribution in [1.29, 1.82) is 0 Å². The Labute approximate surface area is 178 Å². The standard InChI is InChI=1S/C19H20N4O3S3/c1-13-3-7-16(8-4-13)27-12-11-18(24)20-15-5-9-17(10-6-15)29(25,26)23-19-22-21-14(2)28-19/h3-10H,11-12H2,1-2H3,(H,20,24)(H,22,23). The molecule has 0 radical (unpaired) electrons. The van der Waals surface area contributed by atoms with E-state index >= 15 is 0 Å². The van der Waals surface area contributed by atoms with Crippen molar-refractivity contribution in [2.24, 2.45) is 0 Å². The van der Waals surface area contributed by atoms with Gasteiger partial charge in [0.05, 0.1) is 4.90 Å². The predicted octanol–water partition coefficient (Wildman–Crippen LogP) is 4.08. The second kappa shape index (κ2) is 9.38. The number of hydrogen-bond acceptors (Lipinski definition) is 7. The summed E-state index contributed by atoms with van der Waals surface area (Å²) in [5, 5.41) is 11.2. The molecular formula is C19H20N4O3S3. The maximum Gasteiger partial charge on any atom is 0.263 e. The third-order valence-electron chi connectivity index (χ3n) is 3.81. The quantitative estimate of drug-likeness (QED) is 0.504. The van der Waals surface area contributed by atoms with Crippen molar-refractivity contribution in [3.8, 4) is 0 Å². The number of carbonyl (C=O) groups excluding carboxylic acids is 1. The number of amides is 1. The first-order valence-electron chi connectivity index (χ1n) is 8.74. The van der Waals surface area contributed by atoms with Gasteiger partial charge in [-0.1, -0.05) is 29.0 Å². The van der Waals surface area contributed by atoms with Gasteiger partial charge in [-0.15, -0.1) is 22.0 Å². The van der Waals surface area contributed by atoms with Crippen molar-refractivity contribution in [1.82, 2.24) is 10.2 Å². The first-order valence-corrected chi connectivity index (χ1v) is 12.0. The number of carbonyl (C=O) groups is 1. The smallest absolute Gasteiger partial charge is 0.263 e. The highest BCUT2D eigenvalue weighted by Crippen LogP contribution is 2.22. The van der Waals surface area contributed by atoms with Gasteiger partial charge in [-0.05, 0) is 50.2 Å². The average Bonchev–Trinajstić information content (AvgIpc) is 3.08. The van der Waals surface area contributed by atoms with Crippen LogP contribution in [-0.2, 0) is 14.8 Å². The van der Waals surface area contributed by atoms with Gasteiger partial charge in [0.2, 0.25) is 11.0 Å². The Bertz CT molecular complexity index is 1080. The Morgan fingerprint density at radius 3 is 2.34 bits per heavy atom. The van der Waals surface area contributed by atoms with Crippen LogP contribution < -0.4 is 10.0 Å². The van der Waals surface area contributed by atoms with Gasteiger partial charge in [0.15, 0.2) is 0 Å². The van der Waals surface area contributed by atoms with E-state index in [-0.39, 0.29) is 15.9 Å². The number of hydrogen-bond donors (Lipinski definition) is 2. The first-order chi connectivity index (χ1) is 13.8. The summed E-state index contributed by atoms with van der Waals surface area (Å²) in [6.45, 7) is 3.78. The molecule has 0 unspecified atom stereocenters. The summed E-state index contributed by atoms with van der Waals surface area (Å²) in [4.78, 5) is 13.3. The zero-order valence-electron chi connectivity index (χ0n) is 15.9. The maximum absolute atomic E-state index is 12.4. The molecule has 29 heavy (non-hydrogen) atoms. The molecule has 2 N–H and O–H groups in total. The minimum atomic E-state index is -3.75. The number of nitrogens with zero attached hydrogens (tertiary/aromatic N) is 2. The molecule has 0 saturated carbocycles. The molecule has 0 saturated heterocycles. The summed E-state index contributed by atoms with van der Waals surface area (Å²) in [5.41, 5.74) is 1.74. The summed E-state index contributed by atoms with van der Waals surface area (Å²) in [6.07, 6.45) is 0.358. The number of aryl methyl sites for hydroxylation is 2. The SMILES string of the molecule is Cc1ccc(SCCC(=O)Nc2ccc(S(=O)(=O)Nc3nnc(C)s3)cc2)cc1. The molecule has 0 aliphatic heterocycles. The van der Waals surface area contributed by atoms with Gasteiger partial charge in [-0.25, -0.2) is 8.42 Å². The van der Waals surface area contributed by atoms with Crippen LogP contribution in [0.15, 0.2) is 58.3 Å². The van der Waals surface area contributed by atoms with Crippen LogP contribution in [0.2, 0.25) is 0 Å². The van der Waals surface area contributed by atoms with E-state index in [1.165, 1.54) is 17.7 Å². The zero-order chi connectivity index (χ0) is 20.9. The van der Waals surface area contributed by atoms with Gasteiger partial charge in [0.25, 0.3) is 10.0 Å². The molecule has 1 amide bonds. The molecule has 3 aromatic rings. The summed E-state index contributed by atoms with van der Waals surface area (Å²) < 4.78 is 27.1. The fraction of sp³-hybridized carbons (Fsp3) is 0.211. The fourth-order valence-electron chi connectivity index (χ4n) is 2.35. The third-order valence-corrected chi connectivity index (χ3v) is 7.07. The number of sulfonamides is 1. The molecule has 0 bridgehead atoms. The van der Waals surface area contributed by atoms with Crippen molar-refractivity contribution in [2.75, 3.05) is 15.8 Å². The topological polar surface area (TPSA) is 101 Å². The highest BCUT2D eigenvalue weighted by molar-refractivity contribution is 7.99. The van der Waals surface area contributed by atoms with E-state index in [0.29, 0.717) is 22.9 Å². The Hall–Kier alpha value is -2.43. The van der Waals surface area contributed by atoms with Crippen molar-refractivity contribution < 1.29 is 13.2 Å². The average molecular weight is 449 g/mol. The largest absolute Gasteiger partial charge is 0.326 e. The van der Waals surface area contributed by atoms with Crippen molar-refractivity contribution in [3.05, 3.63) is 59.1 Å². The number of rotatable bonds is 8. The van der Waals surface area contributed by atoms with Gasteiger partial charge in [0, 0.05) is 22.8 Å². The third kappa shape index (κ3) is 6.28. The summed E-state index contributed by atoms with van der Waals surface area (Å²) in [6, 6.07) is 14.1. The highest BCUT2D eigenvalue weighted by Gasteiger charge is 2.16. The monoisotopic (exact) mass is 448 g/mol. The summed E-state index contributed by atoms with van der Waals surface area (Å²) in [7, 11) is -3.75. The van der Waals surface area contributed by atoms with Gasteiger partial charge < -0.3 is 5.32 Å². The molecule has 0 spiro atoms. The number of aromatic nitrogens is 2. The first kappa shape index (κ1) is 21.3. The van der Waals surface area contributed by atoms with E-state index in [0.717, 1.165) is 16.2 Å². The molecule has 7 nitrogen and oxygen atoms in total. The minimum absolute atomic E-state index is 0.0817. The van der Waals surface area contributed by atoms with E-state index in [1.807, 2.05) is 31.2 Å². The molecule has 0 fully saturated rings. The lowest BCUT2D eigenvalue weighted by atomic mass is 10.2. The number of anilines is 2. The van der Waals surface area contributed by atoms with Crippen LogP contribution in [0.5, 0.6) is 0 Å². The van der Waals surface area contributed by atoms with Crippen molar-refractivity contribution >= 4 is 49.8 Å². The van der Waals surface area contributed by atoms with Crippen LogP contribution in [0.3, 0.4) is 0 Å². The Morgan fingerprint density at radius 1 is 1.03 bits per heavy atom. The maximum atomic E-state index is 12.4. The number of thioether (sulfide) groups is 1. The Kier molecular flexibility index (Phi) is 6.88. The van der Waals surface area contributed by atoms with Crippen LogP contribution >= 0.6 is 23.1 Å². The fourth-order valence-corrected chi connectivity index (χ4v) is 5.02. The molecule has 152 valence electrons. The predicted molar refractivity (Wildman–Crippen MR) is 117 cm³/mol. The molecular weight excluding hydrogens is 428 g/mol. The van der Waals surface area contributed by atoms with Gasteiger partial charge >= 0.3 is 0 Å². The molecule has 0 atom stereocenters. The summed E-state index contributed by atoms with van der Waals surface area (Å²) >= 11 is 2.77. The van der Waals surface area contributed by atoms with Gasteiger partial charge in [-0.2, -0.15) is 0 Å². The molecule has 3 rings (SSSR count). The lowest BCUT2D eigenvalue weighted by Gasteiger charge is -2.08. The van der Waals surface area contributed by atoms with Crippen LogP contribution in [0.4, 0.5) is 10.8 Å². The van der Waals surface area contributed by atoms with Gasteiger partial charge in [0.1, 0.15) is 5.01 Å². The van der Waals surface area contributed by atoms with Crippen LogP contribution in [-0.4, -0.2) is 30.3 Å². The number of nitrogens with one attached hydrogen (secondary N) is 2. The molecule has 2 aromatic carbocycles. The normalized spacial score (nSPS) is 11.2. The zero-order valence-corrected chi connectivity index (χ0v) is 18.3. The Balaban J connectivity index is 1.51. The molecule has 1 aromatic heterocycles. The van der Waals surface area contributed by atoms with Crippen molar-refractivity contribution in [2.45, 2.75) is 30.1 Å². The lowest BCUT2D eigenvalue weighted by Crippen LogP contribution is -2.14. The van der Waals surface area contributed by atoms with Crippen LogP contribution in [0.1, 0.15) is 17.0 Å². The second-order valence-electron chi connectivity index (χ2n) is 6.22. The lowest BCUT2D eigenvalue weighted by molar-refractivity contribution is -0.115. The van der Waals surface area contributed by atoms with E-state index in [1.54, 1.807) is 30.8 Å². The minimum Gasteiger partial charge on any atom is -0.326 e. The molecule has 1 heterocycles. The van der Waals surface area contributed by atoms with Crippen LogP contribution in [0, 0.1) is 13.8 Å². The van der Waals surface area contributed by atoms with E-state index < -0.39 is 10.0 Å². The van der Waals surface area contributed by atoms with E-state index in [2.05, 4.69) is 20.2 Å². The second-order valence-corrected chi connectivity index (χ2v) is 10.2. The molecule has 0 aliphatic rings. The van der Waals surface area contributed by atoms with Crippen molar-refractivity contribution in [3.63, 3.8) is 0 Å². The highest BCUT2D eigenvalue weighted by atomic mass is 32.2. The van der Waals surface area contributed by atoms with Gasteiger partial charge in [-0.3, -0.25) is 9.52 Å². The van der Waals surface area contributed by atoms with E-state index in [4.69, 9.17) is 0 Å². The molecule has 0 aliphatic carbocycles. The molecule has 10 heteroatoms. The summed E-state index contributed by atoms with van der Waals surface area (Å²) in [5.74, 6) is 0.537. The Morgan fingerprint density at radius 2 is 1.72 bits per heavy atom. The van der Waals surface area contributed by atoms with Crippen LogP contribution in [0.25, 0.3) is 0 Å². The van der Waals surface area contributed by atoms with E-state index in [9.17, 15) is 13.2 Å². The number of benzene rings is 2.